The third-order valence-electron chi connectivity index (χ3n) is 5.99. The van der Waals surface area contributed by atoms with Gasteiger partial charge in [0.2, 0.25) is 0 Å². The van der Waals surface area contributed by atoms with Crippen molar-refractivity contribution in [2.24, 2.45) is 17.8 Å². The summed E-state index contributed by atoms with van der Waals surface area (Å²) in [7, 11) is 4.59. The lowest BCUT2D eigenvalue weighted by Crippen LogP contribution is -2.45. The number of nitrogens with zero attached hydrogens (tertiary/aromatic N) is 3. The molecule has 0 aromatic carbocycles. The van der Waals surface area contributed by atoms with Crippen LogP contribution in [0.2, 0.25) is 0 Å². The van der Waals surface area contributed by atoms with Gasteiger partial charge in [-0.05, 0) is 25.7 Å². The van der Waals surface area contributed by atoms with Crippen LogP contribution < -0.4 is 0 Å². The van der Waals surface area contributed by atoms with E-state index in [1.165, 1.54) is 44.7 Å². The molecule has 2 aliphatic heterocycles. The fraction of sp³-hybridized carbons (Fsp3) is 0.812. The summed E-state index contributed by atoms with van der Waals surface area (Å²) in [4.78, 5) is 5.15. The zero-order valence-electron chi connectivity index (χ0n) is 12.0. The molecule has 1 saturated heterocycles. The van der Waals surface area contributed by atoms with Crippen molar-refractivity contribution in [3.05, 3.63) is 0 Å². The first kappa shape index (κ1) is 11.6. The van der Waals surface area contributed by atoms with Crippen LogP contribution in [0, 0.1) is 30.1 Å². The number of guanidine groups is 1. The average molecular weight is 258 g/mol. The van der Waals surface area contributed by atoms with Crippen LogP contribution in [-0.4, -0.2) is 59.6 Å². The van der Waals surface area contributed by atoms with E-state index in [9.17, 15) is 0 Å². The molecule has 3 nitrogen and oxygen atoms in total. The third-order valence-corrected chi connectivity index (χ3v) is 5.99. The van der Waals surface area contributed by atoms with Gasteiger partial charge < -0.3 is 0 Å². The van der Waals surface area contributed by atoms with Gasteiger partial charge in [-0.2, -0.15) is 0 Å². The van der Waals surface area contributed by atoms with Crippen LogP contribution in [0.1, 0.15) is 25.7 Å². The Kier molecular flexibility index (Phi) is 2.40. The van der Waals surface area contributed by atoms with Crippen molar-refractivity contribution in [1.82, 2.24) is 9.80 Å². The Morgan fingerprint density at radius 2 is 1.89 bits per heavy atom. The van der Waals surface area contributed by atoms with E-state index in [2.05, 4.69) is 34.4 Å². The Hall–Kier alpha value is -1.17. The number of hydrogen-bond donors (Lipinski definition) is 0. The molecule has 0 amide bonds. The number of rotatable bonds is 0. The van der Waals surface area contributed by atoms with Crippen molar-refractivity contribution < 1.29 is 4.58 Å². The van der Waals surface area contributed by atoms with E-state index in [1.807, 2.05) is 0 Å². The monoisotopic (exact) mass is 258 g/mol. The van der Waals surface area contributed by atoms with Crippen molar-refractivity contribution in [2.75, 3.05) is 27.2 Å². The Bertz CT molecular complexity index is 463. The van der Waals surface area contributed by atoms with Gasteiger partial charge in [-0.15, -0.1) is 12.3 Å². The van der Waals surface area contributed by atoms with Crippen LogP contribution in [0.5, 0.6) is 0 Å². The van der Waals surface area contributed by atoms with E-state index in [1.54, 1.807) is 0 Å². The van der Waals surface area contributed by atoms with Crippen LogP contribution >= 0.6 is 0 Å². The fourth-order valence-corrected chi connectivity index (χ4v) is 4.92. The van der Waals surface area contributed by atoms with E-state index in [4.69, 9.17) is 6.42 Å². The Morgan fingerprint density at radius 3 is 2.53 bits per heavy atom. The van der Waals surface area contributed by atoms with Gasteiger partial charge in [-0.1, -0.05) is 0 Å². The zero-order chi connectivity index (χ0) is 13.1. The van der Waals surface area contributed by atoms with Gasteiger partial charge in [0, 0.05) is 17.8 Å². The number of piperidine rings is 1. The molecule has 0 bridgehead atoms. The number of terminal acetylenes is 1. The zero-order valence-corrected chi connectivity index (χ0v) is 12.0. The molecular formula is C16H24N3+. The number of likely N-dealkylation sites (N-methyl/N-ethyl adjacent to an activating group) is 2. The van der Waals surface area contributed by atoms with Crippen LogP contribution in [-0.2, 0) is 0 Å². The van der Waals surface area contributed by atoms with E-state index in [0.29, 0.717) is 5.92 Å². The van der Waals surface area contributed by atoms with Gasteiger partial charge in [0.05, 0.1) is 27.2 Å². The summed E-state index contributed by atoms with van der Waals surface area (Å²) in [6.45, 7) is 2.37. The molecule has 0 aromatic rings. The van der Waals surface area contributed by atoms with Crippen molar-refractivity contribution in [3.63, 3.8) is 0 Å². The minimum atomic E-state index is 0.580. The SMILES string of the molecule is C#CC1[C@H]2CN(C3=[N+](C)[C@@H]4CCCC[C@H]4N3C)C[C@@H]12. The Labute approximate surface area is 116 Å². The molecule has 1 unspecified atom stereocenters. The minimum absolute atomic E-state index is 0.580. The molecule has 0 aromatic heterocycles. The summed E-state index contributed by atoms with van der Waals surface area (Å²) in [5, 5.41) is 0. The molecule has 3 fully saturated rings. The molecule has 5 atom stereocenters. The summed E-state index contributed by atoms with van der Waals surface area (Å²) in [5.41, 5.74) is 0. The Balaban J connectivity index is 1.55. The molecule has 2 saturated carbocycles. The van der Waals surface area contributed by atoms with Gasteiger partial charge in [-0.3, -0.25) is 14.4 Å². The van der Waals surface area contributed by atoms with Crippen molar-refractivity contribution >= 4 is 5.96 Å². The first-order chi connectivity index (χ1) is 9.22. The lowest BCUT2D eigenvalue weighted by molar-refractivity contribution is -0.538. The highest BCUT2D eigenvalue weighted by molar-refractivity contribution is 5.77. The smallest absolute Gasteiger partial charge is 0.264 e. The van der Waals surface area contributed by atoms with Crippen LogP contribution in [0.15, 0.2) is 0 Å². The molecule has 3 heteroatoms. The summed E-state index contributed by atoms with van der Waals surface area (Å²) in [6, 6.07) is 1.49. The molecule has 19 heavy (non-hydrogen) atoms. The predicted molar refractivity (Wildman–Crippen MR) is 75.9 cm³/mol. The highest BCUT2D eigenvalue weighted by Crippen LogP contribution is 2.51. The normalized spacial score (nSPS) is 44.2. The molecule has 0 N–H and O–H groups in total. The average Bonchev–Trinajstić information content (AvgIpc) is 2.77. The molecule has 4 rings (SSSR count). The predicted octanol–water partition coefficient (Wildman–Crippen LogP) is 1.05. The van der Waals surface area contributed by atoms with Crippen LogP contribution in [0.4, 0.5) is 0 Å². The molecule has 4 aliphatic rings. The summed E-state index contributed by atoms with van der Waals surface area (Å²) in [5.74, 6) is 6.57. The molecule has 0 spiro atoms. The quantitative estimate of drug-likeness (QED) is 0.475. The fourth-order valence-electron chi connectivity index (χ4n) is 4.92. The Morgan fingerprint density at radius 1 is 1.21 bits per heavy atom. The van der Waals surface area contributed by atoms with Gasteiger partial charge in [0.1, 0.15) is 12.1 Å². The largest absolute Gasteiger partial charge is 0.350 e. The molecule has 2 aliphatic carbocycles. The van der Waals surface area contributed by atoms with Crippen molar-refractivity contribution in [1.29, 1.82) is 0 Å². The second-order valence-electron chi connectivity index (χ2n) is 6.87. The van der Waals surface area contributed by atoms with Crippen molar-refractivity contribution in [3.8, 4) is 12.3 Å². The van der Waals surface area contributed by atoms with Crippen LogP contribution in [0.25, 0.3) is 0 Å². The summed E-state index contributed by atoms with van der Waals surface area (Å²) in [6.07, 6.45) is 11.1. The number of likely N-dealkylation sites (tertiary alicyclic amines) is 1. The lowest BCUT2D eigenvalue weighted by atomic mass is 9.90. The topological polar surface area (TPSA) is 9.49 Å². The number of hydrogen-bond acceptors (Lipinski definition) is 2. The van der Waals surface area contributed by atoms with Crippen molar-refractivity contribution in [2.45, 2.75) is 37.8 Å². The van der Waals surface area contributed by atoms with Gasteiger partial charge in [0.15, 0.2) is 0 Å². The van der Waals surface area contributed by atoms with E-state index >= 15 is 0 Å². The molecule has 102 valence electrons. The van der Waals surface area contributed by atoms with Crippen LogP contribution in [0.3, 0.4) is 0 Å². The summed E-state index contributed by atoms with van der Waals surface area (Å²) >= 11 is 0. The molecule has 0 radical (unpaired) electrons. The minimum Gasteiger partial charge on any atom is -0.264 e. The standard InChI is InChI=1S/C16H24N3/c1-4-11-12-9-19(10-13(11)12)16-17(2)14-7-5-6-8-15(14)18(16)3/h1,11-15H,5-10H2,2-3H3/q+1/t11?,12-,13+,14-,15-/m1/s1. The molecule has 2 heterocycles. The van der Waals surface area contributed by atoms with Gasteiger partial charge >= 0.3 is 5.96 Å². The number of fused-ring (bicyclic) bond motifs is 2. The lowest BCUT2D eigenvalue weighted by Gasteiger charge is -2.27. The van der Waals surface area contributed by atoms with E-state index < -0.39 is 0 Å². The van der Waals surface area contributed by atoms with Gasteiger partial charge in [0.25, 0.3) is 0 Å². The van der Waals surface area contributed by atoms with Gasteiger partial charge in [-0.25, -0.2) is 0 Å². The maximum absolute atomic E-state index is 5.58. The third kappa shape index (κ3) is 1.49. The highest BCUT2D eigenvalue weighted by Gasteiger charge is 2.60. The maximum Gasteiger partial charge on any atom is 0.350 e. The first-order valence-corrected chi connectivity index (χ1v) is 7.76. The van der Waals surface area contributed by atoms with E-state index in [-0.39, 0.29) is 0 Å². The van der Waals surface area contributed by atoms with E-state index in [0.717, 1.165) is 23.9 Å². The highest BCUT2D eigenvalue weighted by atomic mass is 15.5. The summed E-state index contributed by atoms with van der Waals surface area (Å²) < 4.78 is 2.56. The second-order valence-corrected chi connectivity index (χ2v) is 6.87. The second kappa shape index (κ2) is 3.91. The first-order valence-electron chi connectivity index (χ1n) is 7.76. The molecular weight excluding hydrogens is 234 g/mol. The maximum atomic E-state index is 5.58.